The van der Waals surface area contributed by atoms with Crippen molar-refractivity contribution >= 4 is 0 Å². The van der Waals surface area contributed by atoms with Gasteiger partial charge in [0.25, 0.3) is 0 Å². The summed E-state index contributed by atoms with van der Waals surface area (Å²) >= 11 is 0. The fourth-order valence-corrected chi connectivity index (χ4v) is 3.76. The lowest BCUT2D eigenvalue weighted by Crippen LogP contribution is -2.60. The fraction of sp³-hybridized carbons (Fsp3) is 1.00. The van der Waals surface area contributed by atoms with Crippen LogP contribution in [0.15, 0.2) is 0 Å². The molecule has 1 spiro atoms. The minimum atomic E-state index is -0.00828. The van der Waals surface area contributed by atoms with Crippen LogP contribution >= 0.6 is 0 Å². The SMILES string of the molecule is CCC1CC(C)C[N+]2(CCC(O)CC2)C1. The molecule has 2 aliphatic rings. The smallest absolute Gasteiger partial charge is 0.0815 e. The Morgan fingerprint density at radius 1 is 1.20 bits per heavy atom. The van der Waals surface area contributed by atoms with Crippen molar-refractivity contribution in [2.24, 2.45) is 11.8 Å². The van der Waals surface area contributed by atoms with Gasteiger partial charge >= 0.3 is 0 Å². The van der Waals surface area contributed by atoms with Crippen molar-refractivity contribution in [3.05, 3.63) is 0 Å². The molecule has 1 N–H and O–H groups in total. The average molecular weight is 212 g/mol. The molecule has 2 fully saturated rings. The van der Waals surface area contributed by atoms with Crippen LogP contribution in [0.1, 0.15) is 39.5 Å². The molecule has 2 saturated heterocycles. The highest BCUT2D eigenvalue weighted by molar-refractivity contribution is 4.73. The summed E-state index contributed by atoms with van der Waals surface area (Å²) in [5.41, 5.74) is 0. The third kappa shape index (κ3) is 2.54. The van der Waals surface area contributed by atoms with E-state index in [1.165, 1.54) is 43.5 Å². The van der Waals surface area contributed by atoms with E-state index in [9.17, 15) is 5.11 Å². The van der Waals surface area contributed by atoms with E-state index >= 15 is 0 Å². The molecule has 88 valence electrons. The van der Waals surface area contributed by atoms with E-state index in [4.69, 9.17) is 0 Å². The maximum absolute atomic E-state index is 9.60. The van der Waals surface area contributed by atoms with Gasteiger partial charge in [-0.05, 0) is 12.8 Å². The van der Waals surface area contributed by atoms with E-state index in [0.717, 1.165) is 24.7 Å². The van der Waals surface area contributed by atoms with Crippen LogP contribution < -0.4 is 0 Å². The monoisotopic (exact) mass is 212 g/mol. The van der Waals surface area contributed by atoms with Gasteiger partial charge in [-0.15, -0.1) is 0 Å². The first-order valence-corrected chi connectivity index (χ1v) is 6.67. The molecule has 15 heavy (non-hydrogen) atoms. The van der Waals surface area contributed by atoms with Crippen LogP contribution in [0.3, 0.4) is 0 Å². The molecule has 0 saturated carbocycles. The van der Waals surface area contributed by atoms with Gasteiger partial charge in [0.15, 0.2) is 0 Å². The van der Waals surface area contributed by atoms with Crippen molar-refractivity contribution in [2.45, 2.75) is 45.6 Å². The molecule has 0 bridgehead atoms. The molecular weight excluding hydrogens is 186 g/mol. The van der Waals surface area contributed by atoms with E-state index in [-0.39, 0.29) is 6.10 Å². The molecule has 2 aliphatic heterocycles. The van der Waals surface area contributed by atoms with Gasteiger partial charge < -0.3 is 9.59 Å². The summed E-state index contributed by atoms with van der Waals surface area (Å²) in [6.45, 7) is 9.94. The summed E-state index contributed by atoms with van der Waals surface area (Å²) in [6, 6.07) is 0. The Balaban J connectivity index is 2.00. The van der Waals surface area contributed by atoms with Gasteiger partial charge in [-0.3, -0.25) is 0 Å². The number of rotatable bonds is 1. The zero-order valence-corrected chi connectivity index (χ0v) is 10.3. The third-order valence-electron chi connectivity index (χ3n) is 4.53. The zero-order chi connectivity index (χ0) is 10.9. The third-order valence-corrected chi connectivity index (χ3v) is 4.53. The molecule has 0 amide bonds. The Hall–Kier alpha value is -0.0800. The summed E-state index contributed by atoms with van der Waals surface area (Å²) in [6.07, 6.45) is 4.82. The standard InChI is InChI=1S/C13H26NO/c1-3-12-8-11(2)9-14(10-12)6-4-13(15)5-7-14/h11-13,15H,3-10H2,1-2H3/q+1. The van der Waals surface area contributed by atoms with Gasteiger partial charge in [0, 0.05) is 24.7 Å². The number of aliphatic hydroxyl groups excluding tert-OH is 1. The van der Waals surface area contributed by atoms with Crippen molar-refractivity contribution in [1.29, 1.82) is 0 Å². The predicted molar refractivity (Wildman–Crippen MR) is 62.5 cm³/mol. The molecule has 2 unspecified atom stereocenters. The highest BCUT2D eigenvalue weighted by atomic mass is 16.3. The molecule has 0 aromatic rings. The maximum Gasteiger partial charge on any atom is 0.0815 e. The van der Waals surface area contributed by atoms with E-state index in [2.05, 4.69) is 13.8 Å². The van der Waals surface area contributed by atoms with Crippen LogP contribution in [0.2, 0.25) is 0 Å². The number of hydrogen-bond acceptors (Lipinski definition) is 1. The van der Waals surface area contributed by atoms with Crippen LogP contribution in [0.4, 0.5) is 0 Å². The summed E-state index contributed by atoms with van der Waals surface area (Å²) in [7, 11) is 0. The Bertz CT molecular complexity index is 209. The lowest BCUT2D eigenvalue weighted by Gasteiger charge is -2.49. The molecule has 2 nitrogen and oxygen atoms in total. The van der Waals surface area contributed by atoms with Crippen LogP contribution in [0, 0.1) is 11.8 Å². The first-order chi connectivity index (χ1) is 7.13. The molecule has 0 aromatic heterocycles. The van der Waals surface area contributed by atoms with E-state index in [1.54, 1.807) is 0 Å². The largest absolute Gasteiger partial charge is 0.393 e. The highest BCUT2D eigenvalue weighted by Gasteiger charge is 2.40. The molecular formula is C13H26NO+. The van der Waals surface area contributed by atoms with Crippen molar-refractivity contribution < 1.29 is 9.59 Å². The van der Waals surface area contributed by atoms with Gasteiger partial charge in [0.05, 0.1) is 32.3 Å². The predicted octanol–water partition coefficient (Wildman–Crippen LogP) is 2.02. The van der Waals surface area contributed by atoms with Crippen LogP contribution in [0.25, 0.3) is 0 Å². The van der Waals surface area contributed by atoms with Gasteiger partial charge in [-0.25, -0.2) is 0 Å². The Labute approximate surface area is 93.9 Å². The Morgan fingerprint density at radius 2 is 1.87 bits per heavy atom. The summed E-state index contributed by atoms with van der Waals surface area (Å²) < 4.78 is 1.32. The molecule has 2 atom stereocenters. The molecule has 0 aromatic carbocycles. The minimum absolute atomic E-state index is 0.00828. The van der Waals surface area contributed by atoms with Gasteiger partial charge in [0.2, 0.25) is 0 Å². The first kappa shape index (κ1) is 11.4. The highest BCUT2D eigenvalue weighted by Crippen LogP contribution is 2.32. The van der Waals surface area contributed by atoms with Gasteiger partial charge in [-0.2, -0.15) is 0 Å². The molecule has 0 aliphatic carbocycles. The minimum Gasteiger partial charge on any atom is -0.393 e. The average Bonchev–Trinajstić information content (AvgIpc) is 2.22. The second kappa shape index (κ2) is 4.42. The molecule has 0 radical (unpaired) electrons. The lowest BCUT2D eigenvalue weighted by atomic mass is 9.85. The van der Waals surface area contributed by atoms with Crippen LogP contribution in [-0.2, 0) is 0 Å². The maximum atomic E-state index is 9.60. The van der Waals surface area contributed by atoms with Gasteiger partial charge in [0.1, 0.15) is 0 Å². The van der Waals surface area contributed by atoms with E-state index in [0.29, 0.717) is 0 Å². The van der Waals surface area contributed by atoms with Crippen molar-refractivity contribution in [3.63, 3.8) is 0 Å². The number of aliphatic hydroxyl groups is 1. The second-order valence-electron chi connectivity index (χ2n) is 6.00. The van der Waals surface area contributed by atoms with Crippen LogP contribution in [-0.4, -0.2) is 41.9 Å². The number of piperidine rings is 2. The van der Waals surface area contributed by atoms with Crippen molar-refractivity contribution in [1.82, 2.24) is 0 Å². The van der Waals surface area contributed by atoms with Crippen molar-refractivity contribution in [3.8, 4) is 0 Å². The number of nitrogens with zero attached hydrogens (tertiary/aromatic N) is 1. The van der Waals surface area contributed by atoms with Crippen LogP contribution in [0.5, 0.6) is 0 Å². The fourth-order valence-electron chi connectivity index (χ4n) is 3.76. The summed E-state index contributed by atoms with van der Waals surface area (Å²) in [4.78, 5) is 0. The second-order valence-corrected chi connectivity index (χ2v) is 6.00. The van der Waals surface area contributed by atoms with E-state index in [1.807, 2.05) is 0 Å². The zero-order valence-electron chi connectivity index (χ0n) is 10.3. The van der Waals surface area contributed by atoms with Crippen molar-refractivity contribution in [2.75, 3.05) is 26.2 Å². The summed E-state index contributed by atoms with van der Waals surface area (Å²) in [5.74, 6) is 1.82. The van der Waals surface area contributed by atoms with E-state index < -0.39 is 0 Å². The Morgan fingerprint density at radius 3 is 2.47 bits per heavy atom. The summed E-state index contributed by atoms with van der Waals surface area (Å²) in [5, 5.41) is 9.60. The quantitative estimate of drug-likeness (QED) is 0.659. The normalized spacial score (nSPS) is 47.0. The topological polar surface area (TPSA) is 20.2 Å². The van der Waals surface area contributed by atoms with Gasteiger partial charge in [-0.1, -0.05) is 13.8 Å². The molecule has 2 heteroatoms. The first-order valence-electron chi connectivity index (χ1n) is 6.67. The Kier molecular flexibility index (Phi) is 3.36. The number of quaternary nitrogens is 1. The lowest BCUT2D eigenvalue weighted by molar-refractivity contribution is -0.944. The molecule has 2 rings (SSSR count). The molecule has 2 heterocycles. The number of hydrogen-bond donors (Lipinski definition) is 1.